The molecule has 1 aromatic rings. The fourth-order valence-corrected chi connectivity index (χ4v) is 3.76. The standard InChI is InChI=1S/C16H26FNOSi/c1-16(2,3)20(4,5)19-14-9-10-18-15(14)12-7-6-8-13(17)11-12/h6-8,11,14-15,18H,9-10H2,1-5H3/t14-,15?/m0/s1. The van der Waals surface area contributed by atoms with Crippen molar-refractivity contribution in [3.05, 3.63) is 35.6 Å². The zero-order valence-electron chi connectivity index (χ0n) is 13.2. The van der Waals surface area contributed by atoms with E-state index in [1.165, 1.54) is 6.07 Å². The molecule has 1 fully saturated rings. The van der Waals surface area contributed by atoms with Crippen LogP contribution in [0.1, 0.15) is 38.8 Å². The summed E-state index contributed by atoms with van der Waals surface area (Å²) in [5, 5.41) is 3.65. The minimum absolute atomic E-state index is 0.111. The van der Waals surface area contributed by atoms with Crippen molar-refractivity contribution in [2.24, 2.45) is 0 Å². The molecule has 1 unspecified atom stereocenters. The number of nitrogens with one attached hydrogen (secondary N) is 1. The van der Waals surface area contributed by atoms with Gasteiger partial charge in [0.2, 0.25) is 0 Å². The first-order valence-corrected chi connectivity index (χ1v) is 10.3. The maximum Gasteiger partial charge on any atom is 0.192 e. The lowest BCUT2D eigenvalue weighted by molar-refractivity contribution is 0.166. The highest BCUT2D eigenvalue weighted by atomic mass is 28.4. The maximum atomic E-state index is 13.4. The van der Waals surface area contributed by atoms with E-state index in [1.54, 1.807) is 12.1 Å². The molecule has 1 N–H and O–H groups in total. The van der Waals surface area contributed by atoms with Crippen molar-refractivity contribution in [1.29, 1.82) is 0 Å². The first kappa shape index (κ1) is 15.7. The number of rotatable bonds is 3. The van der Waals surface area contributed by atoms with Crippen LogP contribution >= 0.6 is 0 Å². The Morgan fingerprint density at radius 3 is 2.60 bits per heavy atom. The Bertz CT molecular complexity index is 470. The summed E-state index contributed by atoms with van der Waals surface area (Å²) in [5.74, 6) is -0.178. The van der Waals surface area contributed by atoms with Crippen molar-refractivity contribution in [3.8, 4) is 0 Å². The first-order valence-electron chi connectivity index (χ1n) is 7.37. The van der Waals surface area contributed by atoms with Gasteiger partial charge in [0.15, 0.2) is 8.32 Å². The molecule has 0 aliphatic carbocycles. The van der Waals surface area contributed by atoms with E-state index in [-0.39, 0.29) is 23.0 Å². The predicted molar refractivity (Wildman–Crippen MR) is 83.8 cm³/mol. The smallest absolute Gasteiger partial charge is 0.192 e. The first-order chi connectivity index (χ1) is 9.21. The van der Waals surface area contributed by atoms with Crippen molar-refractivity contribution in [2.75, 3.05) is 6.54 Å². The summed E-state index contributed by atoms with van der Waals surface area (Å²) in [7, 11) is -1.79. The van der Waals surface area contributed by atoms with Crippen LogP contribution in [0.15, 0.2) is 24.3 Å². The van der Waals surface area contributed by atoms with Gasteiger partial charge in [0.1, 0.15) is 5.82 Å². The van der Waals surface area contributed by atoms with Crippen molar-refractivity contribution in [1.82, 2.24) is 5.32 Å². The van der Waals surface area contributed by atoms with E-state index in [0.717, 1.165) is 18.5 Å². The Kier molecular flexibility index (Phi) is 4.37. The van der Waals surface area contributed by atoms with E-state index < -0.39 is 8.32 Å². The Balaban J connectivity index is 2.16. The number of halogens is 1. The third-order valence-corrected chi connectivity index (χ3v) is 9.13. The van der Waals surface area contributed by atoms with E-state index in [1.807, 2.05) is 6.07 Å². The molecule has 2 rings (SSSR count). The van der Waals surface area contributed by atoms with Crippen LogP contribution < -0.4 is 5.32 Å². The van der Waals surface area contributed by atoms with E-state index in [0.29, 0.717) is 0 Å². The van der Waals surface area contributed by atoms with Crippen LogP contribution in [0.5, 0.6) is 0 Å². The second-order valence-corrected chi connectivity index (χ2v) is 11.9. The van der Waals surface area contributed by atoms with Crippen molar-refractivity contribution >= 4 is 8.32 Å². The molecule has 0 saturated carbocycles. The topological polar surface area (TPSA) is 21.3 Å². The second kappa shape index (κ2) is 5.58. The largest absolute Gasteiger partial charge is 0.412 e. The van der Waals surface area contributed by atoms with Crippen molar-refractivity contribution in [2.45, 2.75) is 57.5 Å². The molecular formula is C16H26FNOSi. The van der Waals surface area contributed by atoms with Gasteiger partial charge in [-0.2, -0.15) is 0 Å². The van der Waals surface area contributed by atoms with Crippen LogP contribution in [0, 0.1) is 5.82 Å². The average Bonchev–Trinajstić information content (AvgIpc) is 2.74. The summed E-state index contributed by atoms with van der Waals surface area (Å²) >= 11 is 0. The van der Waals surface area contributed by atoms with Gasteiger partial charge in [0.05, 0.1) is 12.1 Å². The summed E-state index contributed by atoms with van der Waals surface area (Å²) in [6.45, 7) is 12.2. The van der Waals surface area contributed by atoms with Crippen LogP contribution in [0.4, 0.5) is 4.39 Å². The SMILES string of the molecule is CC(C)(C)[Si](C)(C)O[C@H]1CCNC1c1cccc(F)c1. The molecule has 1 heterocycles. The molecule has 1 aromatic carbocycles. The van der Waals surface area contributed by atoms with Crippen LogP contribution in [0.3, 0.4) is 0 Å². The molecule has 1 aliphatic rings. The molecule has 0 amide bonds. The van der Waals surface area contributed by atoms with Crippen molar-refractivity contribution in [3.63, 3.8) is 0 Å². The third kappa shape index (κ3) is 3.30. The lowest BCUT2D eigenvalue weighted by Crippen LogP contribution is -2.45. The van der Waals surface area contributed by atoms with Gasteiger partial charge in [-0.3, -0.25) is 0 Å². The normalized spacial score (nSPS) is 24.1. The van der Waals surface area contributed by atoms with Gasteiger partial charge in [0.25, 0.3) is 0 Å². The summed E-state index contributed by atoms with van der Waals surface area (Å²) in [6, 6.07) is 6.97. The zero-order valence-corrected chi connectivity index (χ0v) is 14.2. The number of hydrogen-bond donors (Lipinski definition) is 1. The highest BCUT2D eigenvalue weighted by Crippen LogP contribution is 2.40. The summed E-state index contributed by atoms with van der Waals surface area (Å²) in [5.41, 5.74) is 0.992. The fraction of sp³-hybridized carbons (Fsp3) is 0.625. The summed E-state index contributed by atoms with van der Waals surface area (Å²) < 4.78 is 19.9. The monoisotopic (exact) mass is 295 g/mol. The highest BCUT2D eigenvalue weighted by Gasteiger charge is 2.42. The fourth-order valence-electron chi connectivity index (χ4n) is 2.39. The van der Waals surface area contributed by atoms with E-state index >= 15 is 0 Å². The van der Waals surface area contributed by atoms with Gasteiger partial charge in [-0.1, -0.05) is 32.9 Å². The predicted octanol–water partition coefficient (Wildman–Crippen LogP) is 4.25. The van der Waals surface area contributed by atoms with E-state index in [9.17, 15) is 4.39 Å². The van der Waals surface area contributed by atoms with Crippen LogP contribution in [0.25, 0.3) is 0 Å². The van der Waals surface area contributed by atoms with Gasteiger partial charge >= 0.3 is 0 Å². The molecule has 112 valence electrons. The summed E-state index contributed by atoms with van der Waals surface area (Å²) in [6.07, 6.45) is 1.14. The summed E-state index contributed by atoms with van der Waals surface area (Å²) in [4.78, 5) is 0. The molecule has 1 saturated heterocycles. The molecule has 2 nitrogen and oxygen atoms in total. The minimum atomic E-state index is -1.79. The van der Waals surface area contributed by atoms with Crippen molar-refractivity contribution < 1.29 is 8.82 Å². The Morgan fingerprint density at radius 2 is 2.00 bits per heavy atom. The number of benzene rings is 1. The third-order valence-electron chi connectivity index (χ3n) is 4.62. The Labute approximate surface area is 122 Å². The molecule has 20 heavy (non-hydrogen) atoms. The van der Waals surface area contributed by atoms with Gasteiger partial charge in [-0.15, -0.1) is 0 Å². The molecule has 2 atom stereocenters. The van der Waals surface area contributed by atoms with Gasteiger partial charge < -0.3 is 9.74 Å². The quantitative estimate of drug-likeness (QED) is 0.842. The van der Waals surface area contributed by atoms with Gasteiger partial charge in [0, 0.05) is 0 Å². The molecule has 1 aliphatic heterocycles. The molecular weight excluding hydrogens is 269 g/mol. The van der Waals surface area contributed by atoms with Crippen LogP contribution in [-0.4, -0.2) is 21.0 Å². The molecule has 0 aromatic heterocycles. The maximum absolute atomic E-state index is 13.4. The zero-order chi connectivity index (χ0) is 15.0. The van der Waals surface area contributed by atoms with E-state index in [4.69, 9.17) is 4.43 Å². The van der Waals surface area contributed by atoms with Crippen LogP contribution in [-0.2, 0) is 4.43 Å². The number of hydrogen-bond acceptors (Lipinski definition) is 2. The van der Waals surface area contributed by atoms with Crippen LogP contribution in [0.2, 0.25) is 18.1 Å². The highest BCUT2D eigenvalue weighted by molar-refractivity contribution is 6.74. The molecule has 0 radical (unpaired) electrons. The average molecular weight is 295 g/mol. The Morgan fingerprint density at radius 1 is 1.30 bits per heavy atom. The van der Waals surface area contributed by atoms with Gasteiger partial charge in [-0.25, -0.2) is 4.39 Å². The molecule has 4 heteroatoms. The Hall–Kier alpha value is -0.713. The lowest BCUT2D eigenvalue weighted by Gasteiger charge is -2.39. The molecule has 0 bridgehead atoms. The minimum Gasteiger partial charge on any atom is -0.412 e. The van der Waals surface area contributed by atoms with Gasteiger partial charge in [-0.05, 0) is 48.8 Å². The lowest BCUT2D eigenvalue weighted by atomic mass is 10.0. The second-order valence-electron chi connectivity index (χ2n) is 7.19. The molecule has 0 spiro atoms. The van der Waals surface area contributed by atoms with E-state index in [2.05, 4.69) is 39.2 Å².